The quantitative estimate of drug-likeness (QED) is 0.391. The summed E-state index contributed by atoms with van der Waals surface area (Å²) in [4.78, 5) is 25.5. The molecule has 0 unspecified atom stereocenters. The first-order valence-corrected chi connectivity index (χ1v) is 10.2. The van der Waals surface area contributed by atoms with E-state index in [0.717, 1.165) is 20.5 Å². The Morgan fingerprint density at radius 3 is 2.50 bits per heavy atom. The van der Waals surface area contributed by atoms with E-state index >= 15 is 0 Å². The van der Waals surface area contributed by atoms with Crippen molar-refractivity contribution in [3.63, 3.8) is 0 Å². The highest BCUT2D eigenvalue weighted by molar-refractivity contribution is 7.22. The number of methoxy groups -OCH3 is 1. The molecule has 0 aliphatic carbocycles. The van der Waals surface area contributed by atoms with Crippen LogP contribution in [0.3, 0.4) is 0 Å². The highest BCUT2D eigenvalue weighted by Crippen LogP contribution is 2.35. The topological polar surface area (TPSA) is 75.6 Å². The van der Waals surface area contributed by atoms with Crippen molar-refractivity contribution in [3.05, 3.63) is 82.9 Å². The van der Waals surface area contributed by atoms with E-state index in [-0.39, 0.29) is 22.0 Å². The van der Waals surface area contributed by atoms with Gasteiger partial charge in [0.25, 0.3) is 5.91 Å². The lowest BCUT2D eigenvalue weighted by Crippen LogP contribution is -2.15. The maximum absolute atomic E-state index is 12.8. The SMILES string of the molecule is COc1cc(NC(=O)c2ccc3sc(-c4ccccc4)cc3c2)c(C(=O)O)cc1Cl. The van der Waals surface area contributed by atoms with Crippen molar-refractivity contribution in [2.45, 2.75) is 0 Å². The van der Waals surface area contributed by atoms with Gasteiger partial charge in [-0.1, -0.05) is 41.9 Å². The first-order valence-electron chi connectivity index (χ1n) is 8.97. The minimum Gasteiger partial charge on any atom is -0.495 e. The predicted octanol–water partition coefficient (Wildman–Crippen LogP) is 6.18. The number of carboxylic acids is 1. The second kappa shape index (κ2) is 8.18. The van der Waals surface area contributed by atoms with Crippen molar-refractivity contribution in [2.75, 3.05) is 12.4 Å². The molecular formula is C23H16ClNO4S. The second-order valence-corrected chi connectivity index (χ2v) is 8.01. The molecule has 2 N–H and O–H groups in total. The maximum Gasteiger partial charge on any atom is 0.337 e. The third-order valence-electron chi connectivity index (χ3n) is 4.61. The van der Waals surface area contributed by atoms with Crippen LogP contribution >= 0.6 is 22.9 Å². The fourth-order valence-electron chi connectivity index (χ4n) is 3.11. The van der Waals surface area contributed by atoms with Crippen molar-refractivity contribution >= 4 is 50.6 Å². The van der Waals surface area contributed by atoms with E-state index in [1.165, 1.54) is 19.2 Å². The molecule has 0 spiro atoms. The minimum atomic E-state index is -1.20. The summed E-state index contributed by atoms with van der Waals surface area (Å²) in [6.07, 6.45) is 0. The summed E-state index contributed by atoms with van der Waals surface area (Å²) in [6, 6.07) is 20.1. The fraction of sp³-hybridized carbons (Fsp3) is 0.0435. The lowest BCUT2D eigenvalue weighted by molar-refractivity contribution is 0.0698. The van der Waals surface area contributed by atoms with Gasteiger partial charge in [0.2, 0.25) is 0 Å². The second-order valence-electron chi connectivity index (χ2n) is 6.52. The van der Waals surface area contributed by atoms with Gasteiger partial charge in [-0.05, 0) is 41.3 Å². The van der Waals surface area contributed by atoms with Gasteiger partial charge in [-0.3, -0.25) is 4.79 Å². The number of benzene rings is 3. The smallest absolute Gasteiger partial charge is 0.337 e. The van der Waals surface area contributed by atoms with Crippen molar-refractivity contribution < 1.29 is 19.4 Å². The van der Waals surface area contributed by atoms with Gasteiger partial charge in [-0.15, -0.1) is 11.3 Å². The number of carboxylic acid groups (broad SMARTS) is 1. The van der Waals surface area contributed by atoms with Crippen LogP contribution in [0.4, 0.5) is 5.69 Å². The summed E-state index contributed by atoms with van der Waals surface area (Å²) in [6.45, 7) is 0. The first-order chi connectivity index (χ1) is 14.5. The molecule has 0 bridgehead atoms. The molecule has 4 aromatic rings. The van der Waals surface area contributed by atoms with Crippen LogP contribution in [0.2, 0.25) is 5.02 Å². The van der Waals surface area contributed by atoms with E-state index in [0.29, 0.717) is 5.56 Å². The van der Waals surface area contributed by atoms with E-state index in [2.05, 4.69) is 5.32 Å². The number of halogens is 1. The Bertz CT molecular complexity index is 1270. The molecule has 0 saturated heterocycles. The molecule has 1 amide bonds. The van der Waals surface area contributed by atoms with E-state index in [4.69, 9.17) is 16.3 Å². The van der Waals surface area contributed by atoms with Gasteiger partial charge in [0, 0.05) is 21.2 Å². The molecule has 0 saturated carbocycles. The molecule has 0 fully saturated rings. The van der Waals surface area contributed by atoms with Crippen LogP contribution in [-0.2, 0) is 0 Å². The van der Waals surface area contributed by atoms with Gasteiger partial charge in [0.15, 0.2) is 0 Å². The van der Waals surface area contributed by atoms with Gasteiger partial charge in [0.1, 0.15) is 5.75 Å². The van der Waals surface area contributed by atoms with E-state index in [9.17, 15) is 14.7 Å². The zero-order valence-corrected chi connectivity index (χ0v) is 17.4. The van der Waals surface area contributed by atoms with Crippen LogP contribution in [0.15, 0.2) is 66.7 Å². The van der Waals surface area contributed by atoms with Crippen molar-refractivity contribution in [3.8, 4) is 16.2 Å². The molecule has 7 heteroatoms. The summed E-state index contributed by atoms with van der Waals surface area (Å²) in [5.74, 6) is -1.34. The molecule has 1 heterocycles. The Morgan fingerprint density at radius 1 is 1.03 bits per heavy atom. The van der Waals surface area contributed by atoms with Crippen LogP contribution in [0.5, 0.6) is 5.75 Å². The molecule has 0 radical (unpaired) electrons. The molecule has 1 aromatic heterocycles. The number of thiophene rings is 1. The van der Waals surface area contributed by atoms with Crippen LogP contribution in [-0.4, -0.2) is 24.1 Å². The molecule has 3 aromatic carbocycles. The Labute approximate surface area is 181 Å². The van der Waals surface area contributed by atoms with Crippen LogP contribution in [0, 0.1) is 0 Å². The zero-order chi connectivity index (χ0) is 21.3. The van der Waals surface area contributed by atoms with Gasteiger partial charge >= 0.3 is 5.97 Å². The molecule has 5 nitrogen and oxygen atoms in total. The molecule has 0 atom stereocenters. The molecule has 4 rings (SSSR count). The van der Waals surface area contributed by atoms with Gasteiger partial charge in [-0.25, -0.2) is 4.79 Å². The standard InChI is InChI=1S/C23H16ClNO4S/c1-29-19-12-18(16(23(27)28)11-17(19)24)25-22(26)14-7-8-20-15(9-14)10-21(30-20)13-5-3-2-4-6-13/h2-12H,1H3,(H,25,26)(H,27,28). The number of aromatic carboxylic acids is 1. The number of hydrogen-bond acceptors (Lipinski definition) is 4. The van der Waals surface area contributed by atoms with Crippen LogP contribution in [0.25, 0.3) is 20.5 Å². The number of fused-ring (bicyclic) bond motifs is 1. The number of rotatable bonds is 5. The van der Waals surface area contributed by atoms with Crippen molar-refractivity contribution in [1.29, 1.82) is 0 Å². The highest BCUT2D eigenvalue weighted by Gasteiger charge is 2.18. The van der Waals surface area contributed by atoms with Crippen LogP contribution < -0.4 is 10.1 Å². The molecule has 0 aliphatic heterocycles. The Balaban J connectivity index is 1.66. The van der Waals surface area contributed by atoms with Crippen molar-refractivity contribution in [2.24, 2.45) is 0 Å². The fourth-order valence-corrected chi connectivity index (χ4v) is 4.40. The largest absolute Gasteiger partial charge is 0.495 e. The van der Waals surface area contributed by atoms with Crippen LogP contribution in [0.1, 0.15) is 20.7 Å². The van der Waals surface area contributed by atoms with Gasteiger partial charge in [-0.2, -0.15) is 0 Å². The summed E-state index contributed by atoms with van der Waals surface area (Å²) in [5.41, 5.74) is 1.54. The lowest BCUT2D eigenvalue weighted by atomic mass is 10.1. The number of nitrogens with one attached hydrogen (secondary N) is 1. The summed E-state index contributed by atoms with van der Waals surface area (Å²) < 4.78 is 6.20. The zero-order valence-electron chi connectivity index (χ0n) is 15.8. The number of carbonyl (C=O) groups is 2. The Morgan fingerprint density at radius 2 is 1.80 bits per heavy atom. The minimum absolute atomic E-state index is 0.114. The summed E-state index contributed by atoms with van der Waals surface area (Å²) in [7, 11) is 1.42. The highest BCUT2D eigenvalue weighted by atomic mass is 35.5. The maximum atomic E-state index is 12.8. The molecule has 30 heavy (non-hydrogen) atoms. The third-order valence-corrected chi connectivity index (χ3v) is 6.07. The average Bonchev–Trinajstić information content (AvgIpc) is 3.18. The number of ether oxygens (including phenoxy) is 1. The van der Waals surface area contributed by atoms with Gasteiger partial charge in [0.05, 0.1) is 23.4 Å². The predicted molar refractivity (Wildman–Crippen MR) is 120 cm³/mol. The van der Waals surface area contributed by atoms with E-state index < -0.39 is 11.9 Å². The first kappa shape index (κ1) is 19.9. The normalized spacial score (nSPS) is 10.7. The lowest BCUT2D eigenvalue weighted by Gasteiger charge is -2.12. The number of anilines is 1. The number of amides is 1. The summed E-state index contributed by atoms with van der Waals surface area (Å²) >= 11 is 7.66. The Kier molecular flexibility index (Phi) is 5.44. The average molecular weight is 438 g/mol. The monoisotopic (exact) mass is 437 g/mol. The Hall–Kier alpha value is -3.35. The number of hydrogen-bond donors (Lipinski definition) is 2. The molecule has 0 aliphatic rings. The molecule has 150 valence electrons. The van der Waals surface area contributed by atoms with Crippen molar-refractivity contribution in [1.82, 2.24) is 0 Å². The van der Waals surface area contributed by atoms with E-state index in [1.807, 2.05) is 42.5 Å². The molecular weight excluding hydrogens is 422 g/mol. The third kappa shape index (κ3) is 3.87. The van der Waals surface area contributed by atoms with Gasteiger partial charge < -0.3 is 15.2 Å². The summed E-state index contributed by atoms with van der Waals surface area (Å²) in [5, 5.41) is 13.2. The van der Waals surface area contributed by atoms with E-state index in [1.54, 1.807) is 23.5 Å². The number of carbonyl (C=O) groups excluding carboxylic acids is 1.